The van der Waals surface area contributed by atoms with Crippen LogP contribution in [0.25, 0.3) is 0 Å². The van der Waals surface area contributed by atoms with Crippen molar-refractivity contribution in [3.63, 3.8) is 0 Å². The smallest absolute Gasteiger partial charge is 0.408 e. The summed E-state index contributed by atoms with van der Waals surface area (Å²) in [5.74, 6) is -4.15. The van der Waals surface area contributed by atoms with E-state index in [-0.39, 0.29) is 50.5 Å². The Morgan fingerprint density at radius 3 is 1.34 bits per heavy atom. The maximum Gasteiger partial charge on any atom is 0.408 e. The van der Waals surface area contributed by atoms with Crippen molar-refractivity contribution in [3.05, 3.63) is 71.8 Å². The van der Waals surface area contributed by atoms with Crippen LogP contribution in [0.15, 0.2) is 60.7 Å². The highest BCUT2D eigenvalue weighted by Crippen LogP contribution is 2.14. The van der Waals surface area contributed by atoms with Gasteiger partial charge in [0.1, 0.15) is 41.4 Å². The van der Waals surface area contributed by atoms with Crippen molar-refractivity contribution in [2.24, 2.45) is 11.8 Å². The summed E-state index contributed by atoms with van der Waals surface area (Å²) in [6.45, 7) is 18.0. The summed E-state index contributed by atoms with van der Waals surface area (Å²) >= 11 is 0. The van der Waals surface area contributed by atoms with Crippen LogP contribution in [0.4, 0.5) is 9.59 Å². The van der Waals surface area contributed by atoms with E-state index in [1.54, 1.807) is 96.1 Å². The Hall–Kier alpha value is -5.67. The fourth-order valence-electron chi connectivity index (χ4n) is 6.30. The van der Waals surface area contributed by atoms with E-state index < -0.39 is 83.2 Å². The number of carboxylic acids is 1. The maximum absolute atomic E-state index is 14.2. The second-order valence-electron chi connectivity index (χ2n) is 18.3. The lowest BCUT2D eigenvalue weighted by atomic mass is 9.99. The lowest BCUT2D eigenvalue weighted by Crippen LogP contribution is -2.59. The average Bonchev–Trinajstić information content (AvgIpc) is 3.15. The lowest BCUT2D eigenvalue weighted by molar-refractivity contribution is -0.142. The lowest BCUT2D eigenvalue weighted by Gasteiger charge is -2.28. The van der Waals surface area contributed by atoms with Gasteiger partial charge < -0.3 is 46.5 Å². The number of carbonyl (C=O) groups is 7. The van der Waals surface area contributed by atoms with Crippen molar-refractivity contribution in [1.29, 1.82) is 0 Å². The van der Waals surface area contributed by atoms with Crippen LogP contribution in [0.1, 0.15) is 112 Å². The van der Waals surface area contributed by atoms with Gasteiger partial charge in [0, 0.05) is 19.4 Å². The van der Waals surface area contributed by atoms with Gasteiger partial charge >= 0.3 is 18.2 Å². The minimum absolute atomic E-state index is 0.0166. The van der Waals surface area contributed by atoms with Crippen molar-refractivity contribution < 1.29 is 48.1 Å². The van der Waals surface area contributed by atoms with Gasteiger partial charge in [-0.15, -0.1) is 0 Å². The van der Waals surface area contributed by atoms with Gasteiger partial charge in [0.2, 0.25) is 23.6 Å². The van der Waals surface area contributed by atoms with Crippen LogP contribution < -0.4 is 31.9 Å². The summed E-state index contributed by atoms with van der Waals surface area (Å²) in [4.78, 5) is 93.4. The number of carboxylic acid groups (broad SMARTS) is 1. The molecule has 7 N–H and O–H groups in total. The molecule has 62 heavy (non-hydrogen) atoms. The number of unbranched alkanes of at least 4 members (excludes halogenated alkanes) is 1. The van der Waals surface area contributed by atoms with Gasteiger partial charge in [-0.05, 0) is 96.6 Å². The first-order valence-electron chi connectivity index (χ1n) is 21.4. The van der Waals surface area contributed by atoms with Crippen LogP contribution >= 0.6 is 0 Å². The van der Waals surface area contributed by atoms with Crippen LogP contribution in [0.2, 0.25) is 0 Å². The number of nitrogens with one attached hydrogen (secondary N) is 6. The summed E-state index contributed by atoms with van der Waals surface area (Å²) in [5, 5.41) is 26.2. The molecule has 2 rings (SSSR count). The standard InChI is InChI=1S/C46H70N6O10/c1-29(2)25-34(50-41(56)36(27-31-19-13-11-14-20-31)52-44(60)62-46(8,9)10)39(54)48-33(23-17-18-24-47-43(59)61-45(5,6)7)38(53)49-35(26-30(3)4)40(55)51-37(42(57)58)28-32-21-15-12-16-22-32/h11-16,19-22,29-30,33-37H,17-18,23-28H2,1-10H3,(H,47,59)(H,48,54)(H,49,53)(H,50,56)(H,51,55)(H,52,60)(H,57,58)/t33-,34+,35+,36-,37-/m0/s1. The van der Waals surface area contributed by atoms with Crippen molar-refractivity contribution in [2.75, 3.05) is 6.54 Å². The second kappa shape index (κ2) is 25.3. The molecule has 0 heterocycles. The fraction of sp³-hybridized carbons (Fsp3) is 0.587. The fourth-order valence-corrected chi connectivity index (χ4v) is 6.30. The molecule has 344 valence electrons. The van der Waals surface area contributed by atoms with Gasteiger partial charge in [-0.2, -0.15) is 0 Å². The third-order valence-corrected chi connectivity index (χ3v) is 9.09. The van der Waals surface area contributed by atoms with Crippen molar-refractivity contribution in [2.45, 2.75) is 156 Å². The Bertz CT molecular complexity index is 1760. The molecule has 0 aliphatic heterocycles. The second-order valence-corrected chi connectivity index (χ2v) is 18.3. The molecule has 0 spiro atoms. The molecule has 16 nitrogen and oxygen atoms in total. The molecule has 0 saturated carbocycles. The Labute approximate surface area is 366 Å². The summed E-state index contributed by atoms with van der Waals surface area (Å²) in [7, 11) is 0. The molecule has 0 radical (unpaired) electrons. The number of aliphatic carboxylic acids is 1. The van der Waals surface area contributed by atoms with Gasteiger partial charge in [0.15, 0.2) is 0 Å². The minimum atomic E-state index is -1.28. The van der Waals surface area contributed by atoms with Crippen LogP contribution in [-0.4, -0.2) is 94.8 Å². The normalized spacial score (nSPS) is 14.0. The van der Waals surface area contributed by atoms with E-state index in [2.05, 4.69) is 31.9 Å². The monoisotopic (exact) mass is 867 g/mol. The van der Waals surface area contributed by atoms with E-state index in [1.807, 2.05) is 33.8 Å². The van der Waals surface area contributed by atoms with E-state index in [0.717, 1.165) is 5.56 Å². The molecule has 2 aromatic carbocycles. The number of ether oxygens (including phenoxy) is 2. The average molecular weight is 867 g/mol. The molecule has 0 saturated heterocycles. The molecular formula is C46H70N6O10. The first-order chi connectivity index (χ1) is 28.9. The Morgan fingerprint density at radius 2 is 0.903 bits per heavy atom. The third kappa shape index (κ3) is 21.7. The predicted octanol–water partition coefficient (Wildman–Crippen LogP) is 5.18. The van der Waals surface area contributed by atoms with Gasteiger partial charge in [0.25, 0.3) is 0 Å². The summed E-state index contributed by atoms with van der Waals surface area (Å²) in [5.41, 5.74) is -0.0868. The highest BCUT2D eigenvalue weighted by atomic mass is 16.6. The van der Waals surface area contributed by atoms with Crippen molar-refractivity contribution >= 4 is 41.8 Å². The Balaban J connectivity index is 2.38. The quantitative estimate of drug-likeness (QED) is 0.0725. The molecule has 2 aromatic rings. The summed E-state index contributed by atoms with van der Waals surface area (Å²) in [6, 6.07) is 12.0. The maximum atomic E-state index is 14.2. The summed E-state index contributed by atoms with van der Waals surface area (Å²) < 4.78 is 10.7. The number of rotatable bonds is 23. The highest BCUT2D eigenvalue weighted by molar-refractivity contribution is 5.96. The Kier molecular flexibility index (Phi) is 21.4. The first kappa shape index (κ1) is 52.5. The van der Waals surface area contributed by atoms with E-state index >= 15 is 0 Å². The van der Waals surface area contributed by atoms with Gasteiger partial charge in [-0.3, -0.25) is 19.2 Å². The number of benzene rings is 2. The minimum Gasteiger partial charge on any atom is -0.480 e. The molecule has 0 aliphatic carbocycles. The van der Waals surface area contributed by atoms with Gasteiger partial charge in [0.05, 0.1) is 0 Å². The van der Waals surface area contributed by atoms with Gasteiger partial charge in [-0.1, -0.05) is 88.4 Å². The first-order valence-corrected chi connectivity index (χ1v) is 21.4. The number of amides is 6. The largest absolute Gasteiger partial charge is 0.480 e. The zero-order valence-corrected chi connectivity index (χ0v) is 38.1. The molecular weight excluding hydrogens is 797 g/mol. The molecule has 0 bridgehead atoms. The molecule has 5 atom stereocenters. The van der Waals surface area contributed by atoms with Crippen LogP contribution in [-0.2, 0) is 46.3 Å². The van der Waals surface area contributed by atoms with Crippen LogP contribution in [0, 0.1) is 11.8 Å². The Morgan fingerprint density at radius 1 is 0.516 bits per heavy atom. The number of hydrogen-bond donors (Lipinski definition) is 7. The van der Waals surface area contributed by atoms with E-state index in [4.69, 9.17) is 9.47 Å². The van der Waals surface area contributed by atoms with Crippen molar-refractivity contribution in [1.82, 2.24) is 31.9 Å². The zero-order valence-electron chi connectivity index (χ0n) is 38.1. The van der Waals surface area contributed by atoms with E-state index in [0.29, 0.717) is 18.4 Å². The molecule has 0 aliphatic rings. The number of hydrogen-bond acceptors (Lipinski definition) is 9. The molecule has 0 aromatic heterocycles. The predicted molar refractivity (Wildman–Crippen MR) is 236 cm³/mol. The van der Waals surface area contributed by atoms with Gasteiger partial charge in [-0.25, -0.2) is 14.4 Å². The van der Waals surface area contributed by atoms with Crippen LogP contribution in [0.3, 0.4) is 0 Å². The zero-order chi connectivity index (χ0) is 46.6. The van der Waals surface area contributed by atoms with Crippen LogP contribution in [0.5, 0.6) is 0 Å². The molecule has 16 heteroatoms. The van der Waals surface area contributed by atoms with E-state index in [1.165, 1.54) is 0 Å². The topological polar surface area (TPSA) is 230 Å². The third-order valence-electron chi connectivity index (χ3n) is 9.09. The number of carbonyl (C=O) groups excluding carboxylic acids is 6. The number of alkyl carbamates (subject to hydrolysis) is 2. The molecule has 0 unspecified atom stereocenters. The molecule has 6 amide bonds. The SMILES string of the molecule is CC(C)C[C@@H](NC(=O)[C@H](CCCCNC(=O)OC(C)(C)C)NC(=O)[C@@H](CC(C)C)NC(=O)[C@H](Cc1ccccc1)NC(=O)OC(C)(C)C)C(=O)N[C@@H](Cc1ccccc1)C(=O)O. The summed E-state index contributed by atoms with van der Waals surface area (Å²) in [6.07, 6.45) is -0.151. The molecule has 0 fully saturated rings. The highest BCUT2D eigenvalue weighted by Gasteiger charge is 2.34. The van der Waals surface area contributed by atoms with E-state index in [9.17, 15) is 38.7 Å². The van der Waals surface area contributed by atoms with Crippen molar-refractivity contribution in [3.8, 4) is 0 Å².